The third kappa shape index (κ3) is 2.38. The highest BCUT2D eigenvalue weighted by molar-refractivity contribution is 6.31. The highest BCUT2D eigenvalue weighted by atomic mass is 35.5. The summed E-state index contributed by atoms with van der Waals surface area (Å²) in [4.78, 5) is 14.3. The number of nitrogens with two attached hydrogens (primary N) is 1. The number of anilines is 1. The number of nitrogen functional groups attached to an aromatic ring is 1. The predicted octanol–water partition coefficient (Wildman–Crippen LogP) is 1.89. The van der Waals surface area contributed by atoms with Gasteiger partial charge in [-0.2, -0.15) is 10.5 Å². The Hall–Kier alpha value is -3.00. The van der Waals surface area contributed by atoms with Crippen molar-refractivity contribution in [1.82, 2.24) is 4.98 Å². The summed E-state index contributed by atoms with van der Waals surface area (Å²) >= 11 is 6.11. The molecule has 0 radical (unpaired) electrons. The second kappa shape index (κ2) is 5.65. The van der Waals surface area contributed by atoms with Gasteiger partial charge in [0.15, 0.2) is 6.79 Å². The van der Waals surface area contributed by atoms with Gasteiger partial charge in [-0.05, 0) is 12.1 Å². The van der Waals surface area contributed by atoms with E-state index < -0.39 is 5.56 Å². The zero-order valence-corrected chi connectivity index (χ0v) is 12.4. The lowest BCUT2D eigenvalue weighted by molar-refractivity contribution is -0.0159. The highest BCUT2D eigenvalue weighted by Crippen LogP contribution is 2.41. The summed E-state index contributed by atoms with van der Waals surface area (Å²) in [5, 5.41) is 19.1. The fraction of sp³-hybridized carbons (Fsp3) is 0.133. The zero-order chi connectivity index (χ0) is 16.6. The summed E-state index contributed by atoms with van der Waals surface area (Å²) in [7, 11) is 0. The number of H-pyrrole nitrogens is 1. The smallest absolute Gasteiger partial charge is 0.268 e. The van der Waals surface area contributed by atoms with Crippen molar-refractivity contribution in [3.8, 4) is 29.0 Å². The highest BCUT2D eigenvalue weighted by Gasteiger charge is 2.25. The maximum atomic E-state index is 12.0. The molecule has 7 nitrogen and oxygen atoms in total. The molecule has 23 heavy (non-hydrogen) atoms. The average molecular weight is 329 g/mol. The lowest BCUT2D eigenvalue weighted by Gasteiger charge is -2.22. The van der Waals surface area contributed by atoms with Crippen molar-refractivity contribution in [1.29, 1.82) is 10.5 Å². The van der Waals surface area contributed by atoms with Crippen molar-refractivity contribution in [3.05, 3.63) is 44.2 Å². The van der Waals surface area contributed by atoms with Crippen molar-refractivity contribution in [2.75, 3.05) is 12.5 Å². The van der Waals surface area contributed by atoms with Crippen LogP contribution in [0.1, 0.15) is 16.7 Å². The number of fused-ring (bicyclic) bond motifs is 1. The molecule has 0 saturated heterocycles. The molecule has 0 aliphatic carbocycles. The van der Waals surface area contributed by atoms with Crippen LogP contribution in [0.4, 0.5) is 5.82 Å². The molecule has 114 valence electrons. The molecule has 0 saturated carbocycles. The molecule has 1 aliphatic heterocycles. The van der Waals surface area contributed by atoms with Crippen LogP contribution >= 0.6 is 11.6 Å². The summed E-state index contributed by atoms with van der Waals surface area (Å²) < 4.78 is 10.7. The predicted molar refractivity (Wildman–Crippen MR) is 81.6 cm³/mol. The van der Waals surface area contributed by atoms with Gasteiger partial charge in [0.05, 0.1) is 6.61 Å². The van der Waals surface area contributed by atoms with Crippen LogP contribution in [0.2, 0.25) is 5.02 Å². The molecule has 2 aromatic rings. The Morgan fingerprint density at radius 1 is 1.26 bits per heavy atom. The Balaban J connectivity index is 2.46. The maximum Gasteiger partial charge on any atom is 0.268 e. The van der Waals surface area contributed by atoms with Gasteiger partial charge < -0.3 is 20.2 Å². The number of pyridine rings is 1. The number of rotatable bonds is 1. The largest absolute Gasteiger partial charge is 0.467 e. The van der Waals surface area contributed by atoms with Gasteiger partial charge in [0.2, 0.25) is 0 Å². The standard InChI is InChI=1S/C15H9ClN4O3/c16-8-1-7-5-22-6-23-13(7)9(2-8)12-10(3-17)14(19)20-15(21)11(12)4-18/h1-2H,5-6H2,(H3,19,20,21). The van der Waals surface area contributed by atoms with E-state index in [1.807, 2.05) is 12.1 Å². The van der Waals surface area contributed by atoms with E-state index in [0.717, 1.165) is 0 Å². The topological polar surface area (TPSA) is 125 Å². The van der Waals surface area contributed by atoms with Gasteiger partial charge in [-0.25, -0.2) is 0 Å². The van der Waals surface area contributed by atoms with Crippen molar-refractivity contribution < 1.29 is 9.47 Å². The minimum Gasteiger partial charge on any atom is -0.467 e. The minimum absolute atomic E-state index is 0.0132. The first-order valence-electron chi connectivity index (χ1n) is 6.46. The number of aromatic amines is 1. The van der Waals surface area contributed by atoms with E-state index in [1.165, 1.54) is 6.07 Å². The molecule has 3 N–H and O–H groups in total. The lowest BCUT2D eigenvalue weighted by Crippen LogP contribution is -2.18. The Morgan fingerprint density at radius 2 is 2.00 bits per heavy atom. The molecule has 0 spiro atoms. The number of benzene rings is 1. The number of aromatic nitrogens is 1. The van der Waals surface area contributed by atoms with Crippen LogP contribution in [0, 0.1) is 22.7 Å². The van der Waals surface area contributed by atoms with Gasteiger partial charge in [-0.15, -0.1) is 0 Å². The number of hydrogen-bond acceptors (Lipinski definition) is 6. The quantitative estimate of drug-likeness (QED) is 0.823. The van der Waals surface area contributed by atoms with Crippen molar-refractivity contribution in [2.24, 2.45) is 0 Å². The minimum atomic E-state index is -0.681. The summed E-state index contributed by atoms with van der Waals surface area (Å²) in [6, 6.07) is 6.91. The van der Waals surface area contributed by atoms with E-state index in [9.17, 15) is 15.3 Å². The number of hydrogen-bond donors (Lipinski definition) is 2. The summed E-state index contributed by atoms with van der Waals surface area (Å²) in [6.45, 7) is 0.287. The van der Waals surface area contributed by atoms with Gasteiger partial charge in [-0.1, -0.05) is 11.6 Å². The molecule has 0 bridgehead atoms. The molecule has 8 heteroatoms. The van der Waals surface area contributed by atoms with Crippen LogP contribution in [-0.2, 0) is 11.3 Å². The fourth-order valence-corrected chi connectivity index (χ4v) is 2.72. The summed E-state index contributed by atoms with van der Waals surface area (Å²) in [5.41, 5.74) is 5.93. The monoisotopic (exact) mass is 328 g/mol. The van der Waals surface area contributed by atoms with Gasteiger partial charge >= 0.3 is 0 Å². The molecule has 0 unspecified atom stereocenters. The van der Waals surface area contributed by atoms with Crippen molar-refractivity contribution in [2.45, 2.75) is 6.61 Å². The Labute approximate surface area is 135 Å². The normalized spacial score (nSPS) is 12.7. The van der Waals surface area contributed by atoms with Crippen LogP contribution in [-0.4, -0.2) is 11.8 Å². The SMILES string of the molecule is N#Cc1c(N)[nH]c(=O)c(C#N)c1-c1cc(Cl)cc2c1OCOC2. The number of nitrogens with zero attached hydrogens (tertiary/aromatic N) is 2. The van der Waals surface area contributed by atoms with E-state index in [0.29, 0.717) is 21.9 Å². The first-order chi connectivity index (χ1) is 11.1. The van der Waals surface area contributed by atoms with Crippen LogP contribution < -0.4 is 16.0 Å². The van der Waals surface area contributed by atoms with Crippen molar-refractivity contribution in [3.63, 3.8) is 0 Å². The Kier molecular flexibility index (Phi) is 3.67. The summed E-state index contributed by atoms with van der Waals surface area (Å²) in [5.74, 6) is 0.297. The Bertz CT molecular complexity index is 953. The van der Waals surface area contributed by atoms with Crippen LogP contribution in [0.15, 0.2) is 16.9 Å². The number of ether oxygens (including phenoxy) is 2. The molecule has 3 rings (SSSR count). The third-order valence-corrected chi connectivity index (χ3v) is 3.63. The van der Waals surface area contributed by atoms with E-state index in [4.69, 9.17) is 26.8 Å². The van der Waals surface area contributed by atoms with Crippen LogP contribution in [0.3, 0.4) is 0 Å². The third-order valence-electron chi connectivity index (χ3n) is 3.41. The zero-order valence-electron chi connectivity index (χ0n) is 11.6. The lowest BCUT2D eigenvalue weighted by atomic mass is 9.94. The van der Waals surface area contributed by atoms with Crippen molar-refractivity contribution >= 4 is 17.4 Å². The van der Waals surface area contributed by atoms with Gasteiger partial charge in [0.25, 0.3) is 5.56 Å². The average Bonchev–Trinajstić information content (AvgIpc) is 2.53. The van der Waals surface area contributed by atoms with E-state index in [-0.39, 0.29) is 35.9 Å². The fourth-order valence-electron chi connectivity index (χ4n) is 2.48. The van der Waals surface area contributed by atoms with Gasteiger partial charge in [0.1, 0.15) is 34.8 Å². The molecule has 0 amide bonds. The second-order valence-corrected chi connectivity index (χ2v) is 5.21. The molecule has 2 heterocycles. The molecule has 1 aromatic heterocycles. The van der Waals surface area contributed by atoms with Gasteiger partial charge in [-0.3, -0.25) is 4.79 Å². The molecular formula is C15H9ClN4O3. The van der Waals surface area contributed by atoms with Gasteiger partial charge in [0, 0.05) is 21.7 Å². The second-order valence-electron chi connectivity index (χ2n) is 4.77. The first kappa shape index (κ1) is 14.9. The molecular weight excluding hydrogens is 320 g/mol. The Morgan fingerprint density at radius 3 is 2.70 bits per heavy atom. The molecule has 0 atom stereocenters. The van der Waals surface area contributed by atoms with E-state index in [1.54, 1.807) is 6.07 Å². The van der Waals surface area contributed by atoms with E-state index in [2.05, 4.69) is 4.98 Å². The number of nitrogens with one attached hydrogen (secondary N) is 1. The summed E-state index contributed by atoms with van der Waals surface area (Å²) in [6.07, 6.45) is 0. The maximum absolute atomic E-state index is 12.0. The molecule has 1 aromatic carbocycles. The van der Waals surface area contributed by atoms with E-state index >= 15 is 0 Å². The van der Waals surface area contributed by atoms with Crippen LogP contribution in [0.25, 0.3) is 11.1 Å². The first-order valence-corrected chi connectivity index (χ1v) is 6.84. The molecule has 1 aliphatic rings. The van der Waals surface area contributed by atoms with Crippen LogP contribution in [0.5, 0.6) is 5.75 Å². The number of nitriles is 2. The number of halogens is 1. The molecule has 0 fully saturated rings.